The van der Waals surface area contributed by atoms with Gasteiger partial charge in [0, 0.05) is 48.6 Å². The molecule has 19 heavy (non-hydrogen) atoms. The van der Waals surface area contributed by atoms with Crippen LogP contribution in [-0.4, -0.2) is 40.0 Å². The van der Waals surface area contributed by atoms with Crippen molar-refractivity contribution in [3.8, 4) is 0 Å². The summed E-state index contributed by atoms with van der Waals surface area (Å²) in [6.07, 6.45) is 3.06. The summed E-state index contributed by atoms with van der Waals surface area (Å²) in [6.45, 7) is 11.1. The molecule has 0 aromatic carbocycles. The fraction of sp³-hybridized carbons (Fsp3) is 0.667. The summed E-state index contributed by atoms with van der Waals surface area (Å²) in [4.78, 5) is 7.02. The van der Waals surface area contributed by atoms with E-state index < -0.39 is 0 Å². The Labute approximate surface area is 121 Å². The first-order chi connectivity index (χ1) is 9.09. The highest BCUT2D eigenvalue weighted by Crippen LogP contribution is 2.30. The quantitative estimate of drug-likeness (QED) is 0.895. The molecular weight excluding hydrogens is 254 g/mol. The highest BCUT2D eigenvalue weighted by atomic mass is 32.2. The molecule has 0 spiro atoms. The molecule has 4 heteroatoms. The lowest BCUT2D eigenvalue weighted by molar-refractivity contribution is 0.250. The standard InChI is InChI=1S/C15H25N3S/c1-4-6-16-13-5-7-17-14(10-13)11-18-8-9-19-15(2,3)12-18/h5,7,10H,4,6,8-9,11-12H2,1-3H3,(H,16,17). The van der Waals surface area contributed by atoms with Gasteiger partial charge in [0.2, 0.25) is 0 Å². The van der Waals surface area contributed by atoms with Crippen molar-refractivity contribution in [1.82, 2.24) is 9.88 Å². The van der Waals surface area contributed by atoms with E-state index in [0.717, 1.165) is 26.1 Å². The molecule has 2 heterocycles. The first kappa shape index (κ1) is 14.7. The molecular formula is C15H25N3S. The fourth-order valence-electron chi connectivity index (χ4n) is 2.42. The van der Waals surface area contributed by atoms with Crippen molar-refractivity contribution in [3.63, 3.8) is 0 Å². The zero-order valence-corrected chi connectivity index (χ0v) is 13.1. The van der Waals surface area contributed by atoms with Crippen molar-refractivity contribution in [3.05, 3.63) is 24.0 Å². The van der Waals surface area contributed by atoms with E-state index in [1.807, 2.05) is 6.20 Å². The summed E-state index contributed by atoms with van der Waals surface area (Å²) < 4.78 is 0.371. The SMILES string of the molecule is CCCNc1ccnc(CN2CCSC(C)(C)C2)c1. The van der Waals surface area contributed by atoms with Crippen LogP contribution in [0.3, 0.4) is 0 Å². The van der Waals surface area contributed by atoms with Gasteiger partial charge in [-0.15, -0.1) is 0 Å². The van der Waals surface area contributed by atoms with Gasteiger partial charge < -0.3 is 5.32 Å². The molecule has 2 rings (SSSR count). The average molecular weight is 279 g/mol. The largest absolute Gasteiger partial charge is 0.385 e. The third-order valence-corrected chi connectivity index (χ3v) is 4.58. The van der Waals surface area contributed by atoms with E-state index in [0.29, 0.717) is 4.75 Å². The molecule has 1 aromatic rings. The molecule has 0 unspecified atom stereocenters. The number of nitrogens with zero attached hydrogens (tertiary/aromatic N) is 2. The van der Waals surface area contributed by atoms with Crippen LogP contribution in [-0.2, 0) is 6.54 Å². The van der Waals surface area contributed by atoms with Gasteiger partial charge in [0.05, 0.1) is 5.69 Å². The molecule has 0 bridgehead atoms. The molecule has 1 saturated heterocycles. The lowest BCUT2D eigenvalue weighted by Crippen LogP contribution is -2.42. The van der Waals surface area contributed by atoms with Gasteiger partial charge >= 0.3 is 0 Å². The highest BCUT2D eigenvalue weighted by molar-refractivity contribution is 8.00. The van der Waals surface area contributed by atoms with E-state index in [2.05, 4.69) is 59.9 Å². The summed E-state index contributed by atoms with van der Waals surface area (Å²) >= 11 is 2.07. The van der Waals surface area contributed by atoms with Gasteiger partial charge in [0.1, 0.15) is 0 Å². The second-order valence-corrected chi connectivity index (χ2v) is 7.58. The third-order valence-electron chi connectivity index (χ3n) is 3.29. The van der Waals surface area contributed by atoms with Crippen LogP contribution in [0.25, 0.3) is 0 Å². The second-order valence-electron chi connectivity index (χ2n) is 5.78. The molecule has 1 aliphatic heterocycles. The van der Waals surface area contributed by atoms with E-state index in [1.165, 1.54) is 23.7 Å². The summed E-state index contributed by atoms with van der Waals surface area (Å²) in [7, 11) is 0. The average Bonchev–Trinajstić information content (AvgIpc) is 2.35. The predicted octanol–water partition coefficient (Wildman–Crippen LogP) is 3.23. The van der Waals surface area contributed by atoms with Crippen LogP contribution in [0.2, 0.25) is 0 Å². The maximum absolute atomic E-state index is 4.50. The minimum absolute atomic E-state index is 0.371. The van der Waals surface area contributed by atoms with Gasteiger partial charge in [-0.05, 0) is 32.4 Å². The number of anilines is 1. The van der Waals surface area contributed by atoms with Crippen LogP contribution < -0.4 is 5.32 Å². The van der Waals surface area contributed by atoms with Crippen molar-refractivity contribution in [2.45, 2.75) is 38.5 Å². The van der Waals surface area contributed by atoms with Gasteiger partial charge in [0.15, 0.2) is 0 Å². The summed E-state index contributed by atoms with van der Waals surface area (Å²) in [6, 6.07) is 4.24. The van der Waals surface area contributed by atoms with Crippen molar-refractivity contribution >= 4 is 17.4 Å². The monoisotopic (exact) mass is 279 g/mol. The van der Waals surface area contributed by atoms with Crippen LogP contribution in [0, 0.1) is 0 Å². The number of hydrogen-bond donors (Lipinski definition) is 1. The van der Waals surface area contributed by atoms with E-state index in [-0.39, 0.29) is 0 Å². The van der Waals surface area contributed by atoms with E-state index in [4.69, 9.17) is 0 Å². The number of rotatable bonds is 5. The van der Waals surface area contributed by atoms with Gasteiger partial charge in [-0.25, -0.2) is 0 Å². The van der Waals surface area contributed by atoms with Crippen molar-refractivity contribution in [2.75, 3.05) is 30.7 Å². The van der Waals surface area contributed by atoms with Crippen molar-refractivity contribution < 1.29 is 0 Å². The minimum atomic E-state index is 0.371. The Balaban J connectivity index is 1.94. The Kier molecular flexibility index (Phi) is 5.11. The Morgan fingerprint density at radius 3 is 3.05 bits per heavy atom. The number of hydrogen-bond acceptors (Lipinski definition) is 4. The topological polar surface area (TPSA) is 28.2 Å². The summed E-state index contributed by atoms with van der Waals surface area (Å²) in [5.74, 6) is 1.22. The maximum atomic E-state index is 4.50. The molecule has 0 atom stereocenters. The predicted molar refractivity (Wildman–Crippen MR) is 84.8 cm³/mol. The third kappa shape index (κ3) is 4.69. The van der Waals surface area contributed by atoms with E-state index in [9.17, 15) is 0 Å². The lowest BCUT2D eigenvalue weighted by atomic mass is 10.1. The highest BCUT2D eigenvalue weighted by Gasteiger charge is 2.26. The zero-order chi connectivity index (χ0) is 13.7. The van der Waals surface area contributed by atoms with Crippen molar-refractivity contribution in [2.24, 2.45) is 0 Å². The number of thioether (sulfide) groups is 1. The fourth-order valence-corrected chi connectivity index (χ4v) is 3.60. The molecule has 106 valence electrons. The van der Waals surface area contributed by atoms with E-state index in [1.54, 1.807) is 0 Å². The smallest absolute Gasteiger partial charge is 0.0564 e. The van der Waals surface area contributed by atoms with Gasteiger partial charge in [-0.3, -0.25) is 9.88 Å². The molecule has 0 radical (unpaired) electrons. The molecule has 0 aliphatic carbocycles. The normalized spacial score (nSPS) is 19.3. The first-order valence-electron chi connectivity index (χ1n) is 7.14. The summed E-state index contributed by atoms with van der Waals surface area (Å²) in [5, 5.41) is 3.43. The van der Waals surface area contributed by atoms with Crippen LogP contribution in [0.1, 0.15) is 32.9 Å². The number of nitrogens with one attached hydrogen (secondary N) is 1. The molecule has 1 N–H and O–H groups in total. The van der Waals surface area contributed by atoms with Crippen LogP contribution in [0.15, 0.2) is 18.3 Å². The van der Waals surface area contributed by atoms with Crippen LogP contribution >= 0.6 is 11.8 Å². The number of aromatic nitrogens is 1. The molecule has 3 nitrogen and oxygen atoms in total. The maximum Gasteiger partial charge on any atom is 0.0564 e. The molecule has 1 aromatic heterocycles. The Bertz CT molecular complexity index is 406. The molecule has 1 aliphatic rings. The zero-order valence-electron chi connectivity index (χ0n) is 12.3. The van der Waals surface area contributed by atoms with Crippen LogP contribution in [0.4, 0.5) is 5.69 Å². The first-order valence-corrected chi connectivity index (χ1v) is 8.13. The molecule has 0 saturated carbocycles. The van der Waals surface area contributed by atoms with Crippen LogP contribution in [0.5, 0.6) is 0 Å². The second kappa shape index (κ2) is 6.62. The Morgan fingerprint density at radius 1 is 1.47 bits per heavy atom. The minimum Gasteiger partial charge on any atom is -0.385 e. The lowest BCUT2D eigenvalue weighted by Gasteiger charge is -2.37. The van der Waals surface area contributed by atoms with Gasteiger partial charge in [-0.2, -0.15) is 11.8 Å². The molecule has 0 amide bonds. The summed E-state index contributed by atoms with van der Waals surface area (Å²) in [5.41, 5.74) is 2.36. The Morgan fingerprint density at radius 2 is 2.32 bits per heavy atom. The Hall–Kier alpha value is -0.740. The number of pyridine rings is 1. The van der Waals surface area contributed by atoms with Crippen molar-refractivity contribution in [1.29, 1.82) is 0 Å². The van der Waals surface area contributed by atoms with Gasteiger partial charge in [0.25, 0.3) is 0 Å². The molecule has 1 fully saturated rings. The van der Waals surface area contributed by atoms with E-state index >= 15 is 0 Å². The van der Waals surface area contributed by atoms with Gasteiger partial charge in [-0.1, -0.05) is 6.92 Å².